The smallest absolute Gasteiger partial charge is 0.127 e. The summed E-state index contributed by atoms with van der Waals surface area (Å²) in [5.74, 6) is 0.287. The molecule has 0 aliphatic carbocycles. The minimum absolute atomic E-state index is 0.131. The number of hydrogen-bond donors (Lipinski definition) is 0. The third-order valence-electron chi connectivity index (χ3n) is 4.57. The number of rotatable bonds is 3. The predicted octanol–water partition coefficient (Wildman–Crippen LogP) is 6.16. The summed E-state index contributed by atoms with van der Waals surface area (Å²) in [6, 6.07) is 11.8. The number of fused-ring (bicyclic) bond motifs is 1. The van der Waals surface area contributed by atoms with Gasteiger partial charge in [-0.15, -0.1) is 0 Å². The van der Waals surface area contributed by atoms with Crippen LogP contribution in [0.15, 0.2) is 36.4 Å². The first-order valence-corrected chi connectivity index (χ1v) is 8.52. The zero-order valence-corrected chi connectivity index (χ0v) is 15.1. The van der Waals surface area contributed by atoms with Gasteiger partial charge in [0.2, 0.25) is 0 Å². The van der Waals surface area contributed by atoms with Gasteiger partial charge in [-0.1, -0.05) is 31.5 Å². The fourth-order valence-electron chi connectivity index (χ4n) is 3.24. The van der Waals surface area contributed by atoms with E-state index in [1.54, 1.807) is 6.07 Å². The molecule has 0 spiro atoms. The first kappa shape index (κ1) is 16.6. The zero-order chi connectivity index (χ0) is 17.4. The van der Waals surface area contributed by atoms with E-state index in [2.05, 4.69) is 46.8 Å². The Morgan fingerprint density at radius 3 is 2.46 bits per heavy atom. The van der Waals surface area contributed by atoms with Crippen LogP contribution in [0.5, 0.6) is 0 Å². The molecule has 2 heteroatoms. The largest absolute Gasteiger partial charge is 0.248 e. The highest BCUT2D eigenvalue weighted by molar-refractivity contribution is 5.83. The Morgan fingerprint density at radius 2 is 1.75 bits per heavy atom. The Hall–Kier alpha value is -2.22. The first-order valence-electron chi connectivity index (χ1n) is 8.52. The molecular weight excluding hydrogens is 297 g/mol. The van der Waals surface area contributed by atoms with E-state index >= 15 is 0 Å². The number of halogens is 1. The van der Waals surface area contributed by atoms with Crippen LogP contribution in [0.2, 0.25) is 0 Å². The molecule has 0 bridgehead atoms. The zero-order valence-electron chi connectivity index (χ0n) is 15.1. The molecule has 1 nitrogen and oxygen atoms in total. The highest BCUT2D eigenvalue weighted by Crippen LogP contribution is 2.28. The number of nitrogens with zero attached hydrogens (tertiary/aromatic N) is 1. The van der Waals surface area contributed by atoms with Gasteiger partial charge in [0.05, 0.1) is 11.2 Å². The van der Waals surface area contributed by atoms with Gasteiger partial charge < -0.3 is 0 Å². The van der Waals surface area contributed by atoms with Gasteiger partial charge in [-0.25, -0.2) is 9.37 Å². The molecule has 3 aromatic rings. The quantitative estimate of drug-likeness (QED) is 0.562. The maximum Gasteiger partial charge on any atom is 0.127 e. The van der Waals surface area contributed by atoms with E-state index in [-0.39, 0.29) is 5.82 Å². The Bertz CT molecular complexity index is 909. The summed E-state index contributed by atoms with van der Waals surface area (Å²) in [4.78, 5) is 4.83. The second-order valence-electron chi connectivity index (χ2n) is 7.19. The van der Waals surface area contributed by atoms with E-state index in [9.17, 15) is 4.39 Å². The van der Waals surface area contributed by atoms with Gasteiger partial charge in [-0.05, 0) is 74.1 Å². The molecule has 0 amide bonds. The van der Waals surface area contributed by atoms with Crippen LogP contribution in [-0.2, 0) is 6.42 Å². The summed E-state index contributed by atoms with van der Waals surface area (Å²) in [6.07, 6.45) is 0.732. The fourth-order valence-corrected chi connectivity index (χ4v) is 3.24. The molecule has 124 valence electrons. The molecule has 3 rings (SSSR count). The Morgan fingerprint density at radius 1 is 1.00 bits per heavy atom. The normalized spacial score (nSPS) is 11.5. The lowest BCUT2D eigenvalue weighted by Crippen LogP contribution is -1.99. The third-order valence-corrected chi connectivity index (χ3v) is 4.57. The highest BCUT2D eigenvalue weighted by Gasteiger charge is 2.11. The van der Waals surface area contributed by atoms with E-state index in [0.717, 1.165) is 34.1 Å². The molecular formula is C22H24FN. The Kier molecular flexibility index (Phi) is 4.40. The van der Waals surface area contributed by atoms with Crippen LogP contribution in [0.4, 0.5) is 4.39 Å². The van der Waals surface area contributed by atoms with E-state index in [1.807, 2.05) is 18.2 Å². The molecule has 1 heterocycles. The van der Waals surface area contributed by atoms with Gasteiger partial charge in [0.15, 0.2) is 0 Å². The molecule has 0 N–H and O–H groups in total. The van der Waals surface area contributed by atoms with E-state index in [0.29, 0.717) is 5.92 Å². The van der Waals surface area contributed by atoms with Gasteiger partial charge in [0, 0.05) is 10.9 Å². The molecule has 2 aromatic carbocycles. The third kappa shape index (κ3) is 3.19. The van der Waals surface area contributed by atoms with Crippen molar-refractivity contribution in [2.24, 2.45) is 5.92 Å². The van der Waals surface area contributed by atoms with E-state index in [4.69, 9.17) is 4.98 Å². The molecule has 0 saturated carbocycles. The van der Waals surface area contributed by atoms with Gasteiger partial charge in [-0.2, -0.15) is 0 Å². The minimum atomic E-state index is -0.131. The average molecular weight is 321 g/mol. The number of pyridine rings is 1. The lowest BCUT2D eigenvalue weighted by molar-refractivity contribution is 0.575. The van der Waals surface area contributed by atoms with Crippen LogP contribution >= 0.6 is 0 Å². The topological polar surface area (TPSA) is 12.9 Å². The standard InChI is InChI=1S/C22H24FN/c1-13(2)8-18-12-22-17(11-20(18)23)6-7-21(24-22)19-10-14(3)9-15(4)16(19)5/h6-7,9-13H,8H2,1-5H3. The number of benzene rings is 2. The molecule has 0 aliphatic rings. The summed E-state index contributed by atoms with van der Waals surface area (Å²) < 4.78 is 14.2. The van der Waals surface area contributed by atoms with Crippen LogP contribution < -0.4 is 0 Å². The molecule has 1 aromatic heterocycles. The second kappa shape index (κ2) is 6.35. The van der Waals surface area contributed by atoms with Gasteiger partial charge in [0.1, 0.15) is 5.82 Å². The molecule has 0 unspecified atom stereocenters. The van der Waals surface area contributed by atoms with Crippen molar-refractivity contribution in [2.45, 2.75) is 41.0 Å². The van der Waals surface area contributed by atoms with Crippen molar-refractivity contribution in [3.8, 4) is 11.3 Å². The summed E-state index contributed by atoms with van der Waals surface area (Å²) >= 11 is 0. The summed E-state index contributed by atoms with van der Waals surface area (Å²) in [5.41, 5.74) is 7.47. The van der Waals surface area contributed by atoms with Crippen molar-refractivity contribution in [1.82, 2.24) is 4.98 Å². The maximum absolute atomic E-state index is 14.2. The molecule has 0 saturated heterocycles. The van der Waals surface area contributed by atoms with Crippen molar-refractivity contribution in [1.29, 1.82) is 0 Å². The lowest BCUT2D eigenvalue weighted by Gasteiger charge is -2.12. The number of aromatic nitrogens is 1. The van der Waals surface area contributed by atoms with Crippen molar-refractivity contribution in [3.05, 3.63) is 64.5 Å². The van der Waals surface area contributed by atoms with Crippen LogP contribution in [-0.4, -0.2) is 4.98 Å². The molecule has 0 fully saturated rings. The molecule has 0 atom stereocenters. The molecule has 0 aliphatic heterocycles. The Balaban J connectivity index is 2.16. The summed E-state index contributed by atoms with van der Waals surface area (Å²) in [6.45, 7) is 10.6. The molecule has 0 radical (unpaired) electrons. The average Bonchev–Trinajstić information content (AvgIpc) is 2.51. The van der Waals surface area contributed by atoms with Crippen molar-refractivity contribution in [3.63, 3.8) is 0 Å². The van der Waals surface area contributed by atoms with Crippen LogP contribution in [0.3, 0.4) is 0 Å². The summed E-state index contributed by atoms with van der Waals surface area (Å²) in [5, 5.41) is 0.853. The van der Waals surface area contributed by atoms with Gasteiger partial charge in [0.25, 0.3) is 0 Å². The Labute approximate surface area is 143 Å². The lowest BCUT2D eigenvalue weighted by atomic mass is 9.96. The van der Waals surface area contributed by atoms with E-state index in [1.165, 1.54) is 16.7 Å². The fraction of sp³-hybridized carbons (Fsp3) is 0.318. The van der Waals surface area contributed by atoms with Crippen LogP contribution in [0.1, 0.15) is 36.1 Å². The van der Waals surface area contributed by atoms with Crippen molar-refractivity contribution in [2.75, 3.05) is 0 Å². The van der Waals surface area contributed by atoms with Crippen molar-refractivity contribution < 1.29 is 4.39 Å². The van der Waals surface area contributed by atoms with Crippen molar-refractivity contribution >= 4 is 10.9 Å². The van der Waals surface area contributed by atoms with Crippen LogP contribution in [0, 0.1) is 32.5 Å². The maximum atomic E-state index is 14.2. The molecule has 24 heavy (non-hydrogen) atoms. The van der Waals surface area contributed by atoms with Gasteiger partial charge in [-0.3, -0.25) is 0 Å². The monoisotopic (exact) mass is 321 g/mol. The SMILES string of the molecule is Cc1cc(C)c(C)c(-c2ccc3cc(F)c(CC(C)C)cc3n2)c1. The minimum Gasteiger partial charge on any atom is -0.248 e. The van der Waals surface area contributed by atoms with Crippen LogP contribution in [0.25, 0.3) is 22.2 Å². The first-order chi connectivity index (χ1) is 11.3. The predicted molar refractivity (Wildman–Crippen MR) is 99.9 cm³/mol. The highest BCUT2D eigenvalue weighted by atomic mass is 19.1. The summed E-state index contributed by atoms with van der Waals surface area (Å²) in [7, 11) is 0. The number of hydrogen-bond acceptors (Lipinski definition) is 1. The second-order valence-corrected chi connectivity index (χ2v) is 7.19. The van der Waals surface area contributed by atoms with E-state index < -0.39 is 0 Å². The number of aryl methyl sites for hydroxylation is 2. The van der Waals surface area contributed by atoms with Gasteiger partial charge >= 0.3 is 0 Å².